The molecule has 0 saturated heterocycles. The van der Waals surface area contributed by atoms with Gasteiger partial charge >= 0.3 is 26.2 Å². The van der Waals surface area contributed by atoms with Gasteiger partial charge in [0, 0.05) is 0 Å². The molecule has 0 aliphatic carbocycles. The average Bonchev–Trinajstić information content (AvgIpc) is 2.74. The van der Waals surface area contributed by atoms with Gasteiger partial charge in [-0.2, -0.15) is 22.9 Å². The molecule has 0 unspecified atom stereocenters. The van der Waals surface area contributed by atoms with E-state index in [4.69, 9.17) is 0 Å². The Morgan fingerprint density at radius 2 is 1.55 bits per heavy atom. The van der Waals surface area contributed by atoms with Gasteiger partial charge in [-0.05, 0) is 14.1 Å². The van der Waals surface area contributed by atoms with Crippen molar-refractivity contribution in [3.05, 3.63) is 48.9 Å². The molecule has 1 radical (unpaired) electrons. The Morgan fingerprint density at radius 1 is 1.00 bits per heavy atom. The fourth-order valence-corrected chi connectivity index (χ4v) is 1.53. The van der Waals surface area contributed by atoms with Crippen LogP contribution in [0.3, 0.4) is 0 Å². The maximum absolute atomic E-state index is 2.31. The Morgan fingerprint density at radius 3 is 1.95 bits per heavy atom. The second-order valence-corrected chi connectivity index (χ2v) is 5.99. The molecule has 0 amide bonds. The summed E-state index contributed by atoms with van der Waals surface area (Å²) in [5.74, 6) is 0. The van der Waals surface area contributed by atoms with Crippen LogP contribution in [0.4, 0.5) is 0 Å². The van der Waals surface area contributed by atoms with Crippen molar-refractivity contribution in [1.82, 2.24) is 4.90 Å². The predicted molar refractivity (Wildman–Crippen MR) is 81.9 cm³/mol. The van der Waals surface area contributed by atoms with E-state index in [1.165, 1.54) is 10.8 Å². The molecule has 0 bridgehead atoms. The van der Waals surface area contributed by atoms with Crippen molar-refractivity contribution in [1.29, 1.82) is 0 Å². The number of hydrogen-bond acceptors (Lipinski definition) is 1. The molecule has 22 heavy (non-hydrogen) atoms. The number of rotatable bonds is 2. The fraction of sp³-hybridized carbons (Fsp3) is 0.412. The van der Waals surface area contributed by atoms with E-state index in [1.54, 1.807) is 0 Å². The molecule has 0 atom stereocenters. The number of benzene rings is 1. The second-order valence-electron chi connectivity index (χ2n) is 5.99. The van der Waals surface area contributed by atoms with Crippen molar-refractivity contribution in [3.8, 4) is 0 Å². The summed E-state index contributed by atoms with van der Waals surface area (Å²) in [5.41, 5.74) is 0.365. The van der Waals surface area contributed by atoms with E-state index in [2.05, 4.69) is 88.7 Å². The van der Waals surface area contributed by atoms with E-state index in [1.807, 2.05) is 0 Å². The molecule has 2 rings (SSSR count). The van der Waals surface area contributed by atoms with Crippen molar-refractivity contribution in [2.24, 2.45) is 5.41 Å². The van der Waals surface area contributed by atoms with Gasteiger partial charge in [-0.15, -0.1) is 36.2 Å². The van der Waals surface area contributed by atoms with Gasteiger partial charge in [-0.1, -0.05) is 26.8 Å². The normalized spacial score (nSPS) is 9.36. The maximum Gasteiger partial charge on any atom is 3.00 e. The van der Waals surface area contributed by atoms with Crippen LogP contribution in [0.25, 0.3) is 10.8 Å². The summed E-state index contributed by atoms with van der Waals surface area (Å²) in [6, 6.07) is 14.7. The Bertz CT molecular complexity index is 434. The number of fused-ring (bicyclic) bond motifs is 1. The van der Waals surface area contributed by atoms with Crippen LogP contribution in [0.5, 0.6) is 0 Å². The summed E-state index contributed by atoms with van der Waals surface area (Å²) in [7, 11) is 4.17. The molecule has 0 aliphatic rings. The Labute approximate surface area is 173 Å². The Hall–Kier alpha value is 0.543. The largest absolute Gasteiger partial charge is 3.00 e. The van der Waals surface area contributed by atoms with Crippen molar-refractivity contribution >= 4 is 10.8 Å². The molecule has 2 aromatic rings. The molecule has 0 spiro atoms. The minimum Gasteiger partial charge on any atom is -1.00 e. The van der Waals surface area contributed by atoms with Crippen LogP contribution in [-0.4, -0.2) is 25.5 Å². The van der Waals surface area contributed by atoms with Gasteiger partial charge in [0.05, 0.1) is 0 Å². The first-order valence-electron chi connectivity index (χ1n) is 6.48. The van der Waals surface area contributed by atoms with Gasteiger partial charge < -0.3 is 48.5 Å². The van der Waals surface area contributed by atoms with Crippen molar-refractivity contribution in [2.45, 2.75) is 20.8 Å². The zero-order valence-electron chi connectivity index (χ0n) is 13.9. The second kappa shape index (κ2) is 15.1. The third kappa shape index (κ3) is 14.2. The van der Waals surface area contributed by atoms with Crippen LogP contribution in [0.2, 0.25) is 0 Å². The van der Waals surface area contributed by atoms with Crippen LogP contribution in [-0.2, 0) is 26.2 Å². The molecule has 0 N–H and O–H groups in total. The molecule has 125 valence electrons. The third-order valence-electron chi connectivity index (χ3n) is 2.62. The first-order chi connectivity index (χ1) is 8.38. The molecule has 0 aliphatic heterocycles. The molecular formula is C17H25Cl3NZr-2. The van der Waals surface area contributed by atoms with Crippen LogP contribution in [0.1, 0.15) is 20.8 Å². The molecule has 0 fully saturated rings. The number of nitrogens with zero attached hydrogens (tertiary/aromatic N) is 1. The first kappa shape index (κ1) is 30.4. The SMILES string of the molecule is CN(C)C[CH-]C(C)(C)C.[Cl-].[Cl-].[Cl-].[Zr+3].c1ccc2[cH-]ccc2c1. The number of halogens is 3. The first-order valence-corrected chi connectivity index (χ1v) is 6.48. The van der Waals surface area contributed by atoms with E-state index >= 15 is 0 Å². The van der Waals surface area contributed by atoms with Crippen molar-refractivity contribution in [2.75, 3.05) is 20.6 Å². The molecule has 2 aromatic carbocycles. The van der Waals surface area contributed by atoms with Gasteiger partial charge in [0.1, 0.15) is 0 Å². The maximum atomic E-state index is 2.31. The standard InChI is InChI=1S/C9H7.C8H18N.3ClH.Zr/c1-2-5-9-7-3-6-8(9)4-1;1-8(2,3)6-7-9(4)5;;;;/h1-7H;6H,7H2,1-5H3;3*1H;/q2*-1;;;;+3/p-3. The summed E-state index contributed by atoms with van der Waals surface area (Å²) < 4.78 is 0. The smallest absolute Gasteiger partial charge is 1.00 e. The summed E-state index contributed by atoms with van der Waals surface area (Å²) in [4.78, 5) is 2.17. The molecule has 0 heterocycles. The quantitative estimate of drug-likeness (QED) is 0.425. The van der Waals surface area contributed by atoms with E-state index in [9.17, 15) is 0 Å². The monoisotopic (exact) mass is 438 g/mol. The molecular weight excluding hydrogens is 416 g/mol. The molecule has 0 aromatic heterocycles. The molecule has 5 heteroatoms. The minimum atomic E-state index is 0. The van der Waals surface area contributed by atoms with Gasteiger partial charge in [-0.25, -0.2) is 0 Å². The minimum absolute atomic E-state index is 0. The van der Waals surface area contributed by atoms with E-state index in [0.29, 0.717) is 5.41 Å². The van der Waals surface area contributed by atoms with Gasteiger partial charge in [0.2, 0.25) is 0 Å². The van der Waals surface area contributed by atoms with E-state index in [0.717, 1.165) is 6.54 Å². The van der Waals surface area contributed by atoms with Crippen LogP contribution in [0, 0.1) is 11.8 Å². The molecule has 0 saturated carbocycles. The van der Waals surface area contributed by atoms with Gasteiger partial charge in [0.15, 0.2) is 0 Å². The van der Waals surface area contributed by atoms with E-state index in [-0.39, 0.29) is 63.4 Å². The van der Waals surface area contributed by atoms with E-state index < -0.39 is 0 Å². The zero-order valence-corrected chi connectivity index (χ0v) is 18.6. The summed E-state index contributed by atoms with van der Waals surface area (Å²) in [5, 5.41) is 2.66. The average molecular weight is 441 g/mol. The van der Waals surface area contributed by atoms with Crippen molar-refractivity contribution in [3.63, 3.8) is 0 Å². The van der Waals surface area contributed by atoms with Gasteiger partial charge in [0.25, 0.3) is 0 Å². The summed E-state index contributed by atoms with van der Waals surface area (Å²) >= 11 is 0. The summed E-state index contributed by atoms with van der Waals surface area (Å²) in [6.07, 6.45) is 2.31. The Balaban J connectivity index is -0.000000125. The van der Waals surface area contributed by atoms with Crippen molar-refractivity contribution < 1.29 is 63.4 Å². The Kier molecular flexibility index (Phi) is 20.9. The topological polar surface area (TPSA) is 3.24 Å². The third-order valence-corrected chi connectivity index (χ3v) is 2.62. The number of hydrogen-bond donors (Lipinski definition) is 0. The molecule has 1 nitrogen and oxygen atoms in total. The summed E-state index contributed by atoms with van der Waals surface area (Å²) in [6.45, 7) is 7.73. The van der Waals surface area contributed by atoms with Crippen LogP contribution in [0.15, 0.2) is 42.5 Å². The fourth-order valence-electron chi connectivity index (χ4n) is 1.53. The van der Waals surface area contributed by atoms with Gasteiger partial charge in [-0.3, -0.25) is 0 Å². The van der Waals surface area contributed by atoms with Crippen LogP contribution >= 0.6 is 0 Å². The predicted octanol–water partition coefficient (Wildman–Crippen LogP) is -4.63. The van der Waals surface area contributed by atoms with Crippen LogP contribution < -0.4 is 37.2 Å². The zero-order chi connectivity index (χ0) is 13.6.